The first-order valence-corrected chi connectivity index (χ1v) is 6.55. The molecule has 2 rings (SSSR count). The predicted octanol–water partition coefficient (Wildman–Crippen LogP) is 1.77. The average Bonchev–Trinajstić information content (AvgIpc) is 2.92. The van der Waals surface area contributed by atoms with Crippen LogP contribution in [-0.2, 0) is 19.8 Å². The van der Waals surface area contributed by atoms with Gasteiger partial charge in [0.2, 0.25) is 0 Å². The summed E-state index contributed by atoms with van der Waals surface area (Å²) in [6, 6.07) is 5.33. The van der Waals surface area contributed by atoms with Gasteiger partial charge in [-0.1, -0.05) is 6.92 Å². The summed E-state index contributed by atoms with van der Waals surface area (Å²) in [5, 5.41) is 13.5. The Morgan fingerprint density at radius 3 is 2.90 bits per heavy atom. The highest BCUT2D eigenvalue weighted by atomic mass is 16.5. The van der Waals surface area contributed by atoms with Crippen LogP contribution in [0.15, 0.2) is 24.5 Å². The lowest BCUT2D eigenvalue weighted by atomic mass is 10.2. The number of aryl methyl sites for hydroxylation is 1. The lowest BCUT2D eigenvalue weighted by Crippen LogP contribution is -2.09. The minimum atomic E-state index is -0.0824. The summed E-state index contributed by atoms with van der Waals surface area (Å²) in [6.07, 6.45) is 2.50. The fourth-order valence-corrected chi connectivity index (χ4v) is 1.87. The van der Waals surface area contributed by atoms with E-state index in [0.717, 1.165) is 18.8 Å². The van der Waals surface area contributed by atoms with Gasteiger partial charge in [0.1, 0.15) is 24.4 Å². The zero-order chi connectivity index (χ0) is 14.4. The molecule has 0 amide bonds. The van der Waals surface area contributed by atoms with Crippen molar-refractivity contribution in [2.24, 2.45) is 0 Å². The van der Waals surface area contributed by atoms with Gasteiger partial charge < -0.3 is 14.6 Å². The van der Waals surface area contributed by atoms with Gasteiger partial charge in [-0.3, -0.25) is 0 Å². The molecule has 6 nitrogen and oxygen atoms in total. The highest BCUT2D eigenvalue weighted by Crippen LogP contribution is 2.25. The summed E-state index contributed by atoms with van der Waals surface area (Å²) < 4.78 is 12.7. The molecule has 0 saturated heterocycles. The minimum absolute atomic E-state index is 0.0824. The standard InChI is InChI=1S/C14H19N3O3/c1-3-6-17-14(15-10-16-17)9-20-13-7-12(19-2)5-4-11(13)8-18/h4-5,7,10,18H,3,6,8-9H2,1-2H3. The smallest absolute Gasteiger partial charge is 0.164 e. The molecule has 0 aliphatic heterocycles. The Morgan fingerprint density at radius 1 is 1.35 bits per heavy atom. The zero-order valence-corrected chi connectivity index (χ0v) is 11.7. The molecule has 0 unspecified atom stereocenters. The first kappa shape index (κ1) is 14.3. The highest BCUT2D eigenvalue weighted by molar-refractivity contribution is 5.40. The highest BCUT2D eigenvalue weighted by Gasteiger charge is 2.08. The normalized spacial score (nSPS) is 10.6. The first-order chi connectivity index (χ1) is 9.78. The van der Waals surface area contributed by atoms with Gasteiger partial charge >= 0.3 is 0 Å². The Balaban J connectivity index is 2.11. The number of hydrogen-bond acceptors (Lipinski definition) is 5. The van der Waals surface area contributed by atoms with Crippen molar-refractivity contribution in [1.29, 1.82) is 0 Å². The van der Waals surface area contributed by atoms with Crippen LogP contribution in [0.2, 0.25) is 0 Å². The van der Waals surface area contributed by atoms with Crippen LogP contribution in [0.5, 0.6) is 11.5 Å². The SMILES string of the molecule is CCCn1ncnc1COc1cc(OC)ccc1CO. The largest absolute Gasteiger partial charge is 0.497 e. The predicted molar refractivity (Wildman–Crippen MR) is 73.6 cm³/mol. The Labute approximate surface area is 118 Å². The Bertz CT molecular complexity index is 554. The third kappa shape index (κ3) is 3.27. The van der Waals surface area contributed by atoms with Crippen molar-refractivity contribution in [3.8, 4) is 11.5 Å². The Kier molecular flexibility index (Phi) is 4.95. The van der Waals surface area contributed by atoms with Crippen LogP contribution in [0.1, 0.15) is 24.7 Å². The van der Waals surface area contributed by atoms with Gasteiger partial charge in [0, 0.05) is 18.2 Å². The van der Waals surface area contributed by atoms with Crippen LogP contribution in [-0.4, -0.2) is 27.0 Å². The minimum Gasteiger partial charge on any atom is -0.497 e. The molecule has 6 heteroatoms. The molecule has 20 heavy (non-hydrogen) atoms. The van der Waals surface area contributed by atoms with Crippen LogP contribution >= 0.6 is 0 Å². The maximum Gasteiger partial charge on any atom is 0.164 e. The number of aromatic nitrogens is 3. The Morgan fingerprint density at radius 2 is 2.20 bits per heavy atom. The van der Waals surface area contributed by atoms with E-state index >= 15 is 0 Å². The fraction of sp³-hybridized carbons (Fsp3) is 0.429. The van der Waals surface area contributed by atoms with Crippen molar-refractivity contribution >= 4 is 0 Å². The van der Waals surface area contributed by atoms with Crippen molar-refractivity contribution in [1.82, 2.24) is 14.8 Å². The number of aliphatic hydroxyl groups excluding tert-OH is 1. The number of rotatable bonds is 7. The maximum absolute atomic E-state index is 9.32. The van der Waals surface area contributed by atoms with Gasteiger partial charge in [-0.15, -0.1) is 0 Å². The van der Waals surface area contributed by atoms with E-state index in [1.165, 1.54) is 6.33 Å². The quantitative estimate of drug-likeness (QED) is 0.835. The molecule has 0 spiro atoms. The molecule has 108 valence electrons. The lowest BCUT2D eigenvalue weighted by molar-refractivity contribution is 0.251. The van der Waals surface area contributed by atoms with Crippen molar-refractivity contribution in [3.63, 3.8) is 0 Å². The maximum atomic E-state index is 9.32. The molecule has 1 aromatic heterocycles. The van der Waals surface area contributed by atoms with Gasteiger partial charge in [0.15, 0.2) is 5.82 Å². The van der Waals surface area contributed by atoms with E-state index < -0.39 is 0 Å². The molecule has 1 heterocycles. The van der Waals surface area contributed by atoms with Crippen molar-refractivity contribution in [2.75, 3.05) is 7.11 Å². The van der Waals surface area contributed by atoms with Crippen LogP contribution < -0.4 is 9.47 Å². The Hall–Kier alpha value is -2.08. The van der Waals surface area contributed by atoms with Gasteiger partial charge in [-0.25, -0.2) is 9.67 Å². The molecule has 0 fully saturated rings. The summed E-state index contributed by atoms with van der Waals surface area (Å²) in [7, 11) is 1.59. The van der Waals surface area contributed by atoms with E-state index in [1.807, 2.05) is 4.68 Å². The molecular weight excluding hydrogens is 258 g/mol. The molecule has 1 N–H and O–H groups in total. The van der Waals surface area contributed by atoms with E-state index in [4.69, 9.17) is 9.47 Å². The molecule has 0 aliphatic carbocycles. The molecule has 0 atom stereocenters. The van der Waals surface area contributed by atoms with Crippen LogP contribution in [0.4, 0.5) is 0 Å². The molecule has 1 aromatic carbocycles. The summed E-state index contributed by atoms with van der Waals surface area (Å²) in [5.74, 6) is 2.05. The van der Waals surface area contributed by atoms with Gasteiger partial charge in [0.25, 0.3) is 0 Å². The van der Waals surface area contributed by atoms with Crippen molar-refractivity contribution in [3.05, 3.63) is 35.9 Å². The van der Waals surface area contributed by atoms with E-state index in [0.29, 0.717) is 23.7 Å². The number of aliphatic hydroxyl groups is 1. The van der Waals surface area contributed by atoms with E-state index in [-0.39, 0.29) is 6.61 Å². The van der Waals surface area contributed by atoms with Crippen molar-refractivity contribution in [2.45, 2.75) is 33.1 Å². The van der Waals surface area contributed by atoms with E-state index in [2.05, 4.69) is 17.0 Å². The van der Waals surface area contributed by atoms with Crippen LogP contribution in [0.3, 0.4) is 0 Å². The molecule has 0 saturated carbocycles. The molecule has 0 aliphatic rings. The van der Waals surface area contributed by atoms with Gasteiger partial charge in [0.05, 0.1) is 13.7 Å². The number of benzene rings is 1. The monoisotopic (exact) mass is 277 g/mol. The molecule has 2 aromatic rings. The van der Waals surface area contributed by atoms with Gasteiger partial charge in [-0.05, 0) is 18.6 Å². The van der Waals surface area contributed by atoms with E-state index in [1.54, 1.807) is 25.3 Å². The molecule has 0 radical (unpaired) electrons. The second-order valence-corrected chi connectivity index (χ2v) is 4.32. The number of ether oxygens (including phenoxy) is 2. The number of nitrogens with zero attached hydrogens (tertiary/aromatic N) is 3. The number of methoxy groups -OCH3 is 1. The third-order valence-electron chi connectivity index (χ3n) is 2.93. The average molecular weight is 277 g/mol. The molecular formula is C14H19N3O3. The lowest BCUT2D eigenvalue weighted by Gasteiger charge is -2.12. The number of hydrogen-bond donors (Lipinski definition) is 1. The fourth-order valence-electron chi connectivity index (χ4n) is 1.87. The third-order valence-corrected chi connectivity index (χ3v) is 2.93. The van der Waals surface area contributed by atoms with Crippen molar-refractivity contribution < 1.29 is 14.6 Å². The second-order valence-electron chi connectivity index (χ2n) is 4.32. The summed E-state index contributed by atoms with van der Waals surface area (Å²) in [4.78, 5) is 4.18. The van der Waals surface area contributed by atoms with Gasteiger partial charge in [-0.2, -0.15) is 5.10 Å². The molecule has 0 bridgehead atoms. The zero-order valence-electron chi connectivity index (χ0n) is 11.7. The summed E-state index contributed by atoms with van der Waals surface area (Å²) >= 11 is 0. The summed E-state index contributed by atoms with van der Waals surface area (Å²) in [6.45, 7) is 3.11. The van der Waals surface area contributed by atoms with Crippen LogP contribution in [0, 0.1) is 0 Å². The van der Waals surface area contributed by atoms with Crippen LogP contribution in [0.25, 0.3) is 0 Å². The topological polar surface area (TPSA) is 69.4 Å². The second kappa shape index (κ2) is 6.91. The summed E-state index contributed by atoms with van der Waals surface area (Å²) in [5.41, 5.74) is 0.715. The first-order valence-electron chi connectivity index (χ1n) is 6.55. The van der Waals surface area contributed by atoms with E-state index in [9.17, 15) is 5.11 Å².